The molecule has 0 atom stereocenters. The summed E-state index contributed by atoms with van der Waals surface area (Å²) in [5.74, 6) is -0.454. The first kappa shape index (κ1) is 13.2. The van der Waals surface area contributed by atoms with Crippen molar-refractivity contribution in [3.8, 4) is 0 Å². The third-order valence-electron chi connectivity index (χ3n) is 1.61. The first-order valence-electron chi connectivity index (χ1n) is 4.92. The van der Waals surface area contributed by atoms with Crippen LogP contribution in [0.4, 0.5) is 9.93 Å². The SMILES string of the molecule is CCOC(=O)c1csc(NCCOC(N)=O)n1. The number of anilines is 1. The molecule has 0 aliphatic heterocycles. The summed E-state index contributed by atoms with van der Waals surface area (Å²) in [6.45, 7) is 2.55. The van der Waals surface area contributed by atoms with Gasteiger partial charge in [-0.3, -0.25) is 0 Å². The molecule has 1 aromatic heterocycles. The normalized spacial score (nSPS) is 9.71. The maximum Gasteiger partial charge on any atom is 0.404 e. The van der Waals surface area contributed by atoms with Gasteiger partial charge in [-0.1, -0.05) is 0 Å². The average Bonchev–Trinajstić information content (AvgIpc) is 2.73. The molecule has 0 aromatic carbocycles. The van der Waals surface area contributed by atoms with Crippen molar-refractivity contribution in [2.24, 2.45) is 5.73 Å². The van der Waals surface area contributed by atoms with Crippen molar-refractivity contribution in [1.29, 1.82) is 0 Å². The van der Waals surface area contributed by atoms with E-state index in [0.29, 0.717) is 18.3 Å². The van der Waals surface area contributed by atoms with Crippen molar-refractivity contribution < 1.29 is 19.1 Å². The van der Waals surface area contributed by atoms with Gasteiger partial charge in [0, 0.05) is 5.38 Å². The molecular formula is C9H13N3O4S. The number of nitrogens with one attached hydrogen (secondary N) is 1. The van der Waals surface area contributed by atoms with Crippen LogP contribution in [0, 0.1) is 0 Å². The van der Waals surface area contributed by atoms with Crippen molar-refractivity contribution in [3.63, 3.8) is 0 Å². The number of ether oxygens (including phenoxy) is 2. The maximum absolute atomic E-state index is 11.3. The van der Waals surface area contributed by atoms with E-state index in [2.05, 4.69) is 15.0 Å². The van der Waals surface area contributed by atoms with E-state index < -0.39 is 12.1 Å². The molecule has 1 heterocycles. The minimum atomic E-state index is -0.821. The molecule has 8 heteroatoms. The van der Waals surface area contributed by atoms with Gasteiger partial charge in [0.2, 0.25) is 0 Å². The summed E-state index contributed by atoms with van der Waals surface area (Å²) < 4.78 is 9.31. The second kappa shape index (κ2) is 6.69. The number of hydrogen-bond acceptors (Lipinski definition) is 7. The first-order chi connectivity index (χ1) is 8.13. The second-order valence-electron chi connectivity index (χ2n) is 2.85. The van der Waals surface area contributed by atoms with E-state index in [4.69, 9.17) is 10.5 Å². The molecule has 0 unspecified atom stereocenters. The van der Waals surface area contributed by atoms with Crippen molar-refractivity contribution in [3.05, 3.63) is 11.1 Å². The Labute approximate surface area is 102 Å². The Kier molecular flexibility index (Phi) is 5.21. The lowest BCUT2D eigenvalue weighted by atomic mass is 10.5. The zero-order valence-electron chi connectivity index (χ0n) is 9.26. The summed E-state index contributed by atoms with van der Waals surface area (Å²) in [6, 6.07) is 0. The van der Waals surface area contributed by atoms with Crippen molar-refractivity contribution in [2.45, 2.75) is 6.92 Å². The highest BCUT2D eigenvalue weighted by Gasteiger charge is 2.10. The van der Waals surface area contributed by atoms with E-state index in [1.54, 1.807) is 12.3 Å². The van der Waals surface area contributed by atoms with Gasteiger partial charge in [-0.2, -0.15) is 0 Å². The number of nitrogens with zero attached hydrogens (tertiary/aromatic N) is 1. The van der Waals surface area contributed by atoms with Gasteiger partial charge < -0.3 is 20.5 Å². The molecule has 0 saturated heterocycles. The highest BCUT2D eigenvalue weighted by atomic mass is 32.1. The standard InChI is InChI=1S/C9H13N3O4S/c1-2-15-7(13)6-5-17-9(12-6)11-3-4-16-8(10)14/h5H,2-4H2,1H3,(H2,10,14)(H,11,12). The molecule has 1 aromatic rings. The van der Waals surface area contributed by atoms with Crippen LogP contribution >= 0.6 is 11.3 Å². The van der Waals surface area contributed by atoms with Crippen molar-refractivity contribution in [1.82, 2.24) is 4.98 Å². The summed E-state index contributed by atoms with van der Waals surface area (Å²) in [7, 11) is 0. The lowest BCUT2D eigenvalue weighted by molar-refractivity contribution is 0.0520. The predicted octanol–water partition coefficient (Wildman–Crippen LogP) is 0.827. The molecule has 0 radical (unpaired) electrons. The number of amides is 1. The van der Waals surface area contributed by atoms with Crippen molar-refractivity contribution >= 4 is 28.5 Å². The zero-order chi connectivity index (χ0) is 12.7. The van der Waals surface area contributed by atoms with Gasteiger partial charge in [-0.25, -0.2) is 14.6 Å². The molecule has 0 aliphatic carbocycles. The Balaban J connectivity index is 2.35. The molecular weight excluding hydrogens is 246 g/mol. The number of thiazole rings is 1. The fraction of sp³-hybridized carbons (Fsp3) is 0.444. The van der Waals surface area contributed by atoms with Gasteiger partial charge in [-0.15, -0.1) is 11.3 Å². The topological polar surface area (TPSA) is 104 Å². The van der Waals surface area contributed by atoms with E-state index in [0.717, 1.165) is 0 Å². The summed E-state index contributed by atoms with van der Waals surface area (Å²) in [4.78, 5) is 25.6. The fourth-order valence-corrected chi connectivity index (χ4v) is 1.67. The molecule has 0 bridgehead atoms. The molecule has 94 valence electrons. The minimum absolute atomic E-state index is 0.143. The van der Waals surface area contributed by atoms with Gasteiger partial charge in [0.05, 0.1) is 13.2 Å². The van der Waals surface area contributed by atoms with Crippen LogP contribution in [0.2, 0.25) is 0 Å². The van der Waals surface area contributed by atoms with Gasteiger partial charge in [0.15, 0.2) is 10.8 Å². The lowest BCUT2D eigenvalue weighted by Crippen LogP contribution is -2.18. The van der Waals surface area contributed by atoms with Crippen LogP contribution in [0.5, 0.6) is 0 Å². The van der Waals surface area contributed by atoms with E-state index in [1.165, 1.54) is 11.3 Å². The Morgan fingerprint density at radius 3 is 2.94 bits per heavy atom. The molecule has 1 rings (SSSR count). The molecule has 7 nitrogen and oxygen atoms in total. The van der Waals surface area contributed by atoms with Crippen LogP contribution in [0.3, 0.4) is 0 Å². The number of aromatic nitrogens is 1. The quantitative estimate of drug-likeness (QED) is 0.579. The number of primary amides is 1. The van der Waals surface area contributed by atoms with Gasteiger partial charge in [-0.05, 0) is 6.92 Å². The Hall–Kier alpha value is -1.83. The maximum atomic E-state index is 11.3. The molecule has 17 heavy (non-hydrogen) atoms. The van der Waals surface area contributed by atoms with Gasteiger partial charge >= 0.3 is 12.1 Å². The molecule has 3 N–H and O–H groups in total. The number of rotatable bonds is 6. The first-order valence-corrected chi connectivity index (χ1v) is 5.80. The second-order valence-corrected chi connectivity index (χ2v) is 3.71. The van der Waals surface area contributed by atoms with Crippen molar-refractivity contribution in [2.75, 3.05) is 25.1 Å². The molecule has 0 spiro atoms. The Morgan fingerprint density at radius 1 is 1.53 bits per heavy atom. The Morgan fingerprint density at radius 2 is 2.29 bits per heavy atom. The number of hydrogen-bond donors (Lipinski definition) is 2. The third-order valence-corrected chi connectivity index (χ3v) is 2.41. The number of carbonyl (C=O) groups is 2. The fourth-order valence-electron chi connectivity index (χ4n) is 0.963. The molecule has 0 fully saturated rings. The van der Waals surface area contributed by atoms with Crippen LogP contribution in [0.15, 0.2) is 5.38 Å². The molecule has 0 saturated carbocycles. The smallest absolute Gasteiger partial charge is 0.404 e. The summed E-state index contributed by atoms with van der Waals surface area (Å²) in [5, 5.41) is 5.03. The van der Waals surface area contributed by atoms with Crippen LogP contribution in [-0.4, -0.2) is 36.8 Å². The van der Waals surface area contributed by atoms with E-state index in [9.17, 15) is 9.59 Å². The average molecular weight is 259 g/mol. The highest BCUT2D eigenvalue weighted by molar-refractivity contribution is 7.13. The van der Waals surface area contributed by atoms with Gasteiger partial charge in [0.25, 0.3) is 0 Å². The van der Waals surface area contributed by atoms with Crippen LogP contribution in [0.25, 0.3) is 0 Å². The van der Waals surface area contributed by atoms with E-state index >= 15 is 0 Å². The monoisotopic (exact) mass is 259 g/mol. The van der Waals surface area contributed by atoms with E-state index in [-0.39, 0.29) is 12.3 Å². The summed E-state index contributed by atoms with van der Waals surface area (Å²) in [5.41, 5.74) is 5.05. The summed E-state index contributed by atoms with van der Waals surface area (Å²) in [6.07, 6.45) is -0.821. The van der Waals surface area contributed by atoms with Crippen LogP contribution in [0.1, 0.15) is 17.4 Å². The minimum Gasteiger partial charge on any atom is -0.461 e. The molecule has 1 amide bonds. The number of carbonyl (C=O) groups excluding carboxylic acids is 2. The largest absolute Gasteiger partial charge is 0.461 e. The zero-order valence-corrected chi connectivity index (χ0v) is 10.1. The van der Waals surface area contributed by atoms with Gasteiger partial charge in [0.1, 0.15) is 6.61 Å². The predicted molar refractivity (Wildman–Crippen MR) is 62.1 cm³/mol. The third kappa shape index (κ3) is 4.68. The summed E-state index contributed by atoms with van der Waals surface area (Å²) >= 11 is 1.27. The molecule has 0 aliphatic rings. The number of nitrogens with two attached hydrogens (primary N) is 1. The van der Waals surface area contributed by atoms with Crippen LogP contribution < -0.4 is 11.1 Å². The lowest BCUT2D eigenvalue weighted by Gasteiger charge is -2.02. The highest BCUT2D eigenvalue weighted by Crippen LogP contribution is 2.15. The van der Waals surface area contributed by atoms with Crippen LogP contribution in [-0.2, 0) is 9.47 Å². The number of esters is 1. The Bertz CT molecular complexity index is 393. The van der Waals surface area contributed by atoms with E-state index in [1.807, 2.05) is 0 Å².